The summed E-state index contributed by atoms with van der Waals surface area (Å²) in [7, 11) is 0. The first kappa shape index (κ1) is 14.3. The Hall–Kier alpha value is -2.12. The molecular weight excluding hydrogens is 268 g/mol. The summed E-state index contributed by atoms with van der Waals surface area (Å²) in [5, 5.41) is 12.0. The number of para-hydroxylation sites is 1. The van der Waals surface area contributed by atoms with Gasteiger partial charge in [0.25, 0.3) is 0 Å². The van der Waals surface area contributed by atoms with E-state index >= 15 is 0 Å². The van der Waals surface area contributed by atoms with Gasteiger partial charge in [-0.25, -0.2) is 0 Å². The second kappa shape index (κ2) is 7.46. The molecule has 3 nitrogen and oxygen atoms in total. The number of rotatable bonds is 6. The molecule has 2 rings (SSSR count). The number of nitrogens with zero attached hydrogens (tertiary/aromatic N) is 1. The molecule has 0 unspecified atom stereocenters. The van der Waals surface area contributed by atoms with Gasteiger partial charge in [0.1, 0.15) is 11.8 Å². The van der Waals surface area contributed by atoms with Crippen LogP contribution in [0.3, 0.4) is 0 Å². The van der Waals surface area contributed by atoms with Gasteiger partial charge in [-0.1, -0.05) is 24.3 Å². The molecule has 0 radical (unpaired) electrons. The highest BCUT2D eigenvalue weighted by Crippen LogP contribution is 2.22. The van der Waals surface area contributed by atoms with E-state index in [1.165, 1.54) is 4.90 Å². The second-order valence-electron chi connectivity index (χ2n) is 4.14. The van der Waals surface area contributed by atoms with Crippen LogP contribution in [0.2, 0.25) is 0 Å². The molecule has 0 saturated heterocycles. The molecule has 2 aromatic carbocycles. The van der Waals surface area contributed by atoms with Gasteiger partial charge in [0.15, 0.2) is 6.61 Å². The van der Waals surface area contributed by atoms with Gasteiger partial charge in [0.05, 0.1) is 0 Å². The number of nitriles is 1. The lowest BCUT2D eigenvalue weighted by atomic mass is 10.2. The molecule has 102 valence electrons. The third-order valence-electron chi connectivity index (χ3n) is 2.82. The first-order chi connectivity index (χ1) is 9.83. The molecule has 4 heteroatoms. The van der Waals surface area contributed by atoms with Crippen molar-refractivity contribution in [1.29, 1.82) is 5.26 Å². The Morgan fingerprint density at radius 2 is 2.05 bits per heavy atom. The lowest BCUT2D eigenvalue weighted by Crippen LogP contribution is -2.03. The molecule has 0 bridgehead atoms. The average molecular weight is 284 g/mol. The third kappa shape index (κ3) is 3.94. The lowest BCUT2D eigenvalue weighted by Gasteiger charge is -2.11. The molecule has 0 saturated carbocycles. The van der Waals surface area contributed by atoms with Crippen molar-refractivity contribution in [2.45, 2.75) is 11.4 Å². The van der Waals surface area contributed by atoms with Crippen LogP contribution in [0.25, 0.3) is 0 Å². The topological polar surface area (TPSA) is 45.0 Å². The third-order valence-corrected chi connectivity index (χ3v) is 3.54. The highest BCUT2D eigenvalue weighted by molar-refractivity contribution is 7.98. The van der Waals surface area contributed by atoms with E-state index in [1.54, 1.807) is 11.8 Å². The molecule has 0 atom stereocenters. The smallest absolute Gasteiger partial charge is 0.174 e. The molecule has 1 N–H and O–H groups in total. The summed E-state index contributed by atoms with van der Waals surface area (Å²) in [6.45, 7) is 0.735. The second-order valence-corrected chi connectivity index (χ2v) is 5.02. The van der Waals surface area contributed by atoms with E-state index in [4.69, 9.17) is 10.00 Å². The molecule has 0 aliphatic carbocycles. The SMILES string of the molecule is CSc1cccc(NCc2ccccc2OCC#N)c1. The Bertz CT molecular complexity index is 607. The van der Waals surface area contributed by atoms with Gasteiger partial charge in [-0.3, -0.25) is 0 Å². The van der Waals surface area contributed by atoms with Crippen LogP contribution in [0.4, 0.5) is 5.69 Å². The summed E-state index contributed by atoms with van der Waals surface area (Å²) < 4.78 is 5.41. The van der Waals surface area contributed by atoms with Gasteiger partial charge in [0.2, 0.25) is 0 Å². The number of hydrogen-bond donors (Lipinski definition) is 1. The molecule has 0 aliphatic rings. The maximum absolute atomic E-state index is 8.59. The summed E-state index contributed by atoms with van der Waals surface area (Å²) in [5.74, 6) is 0.752. The van der Waals surface area contributed by atoms with Gasteiger partial charge in [-0.2, -0.15) is 5.26 Å². The van der Waals surface area contributed by atoms with Crippen molar-refractivity contribution in [3.63, 3.8) is 0 Å². The summed E-state index contributed by atoms with van der Waals surface area (Å²) >= 11 is 1.72. The minimum atomic E-state index is 0.0684. The van der Waals surface area contributed by atoms with E-state index in [9.17, 15) is 0 Å². The van der Waals surface area contributed by atoms with Crippen LogP contribution < -0.4 is 10.1 Å². The Balaban J connectivity index is 2.05. The van der Waals surface area contributed by atoms with Crippen LogP contribution in [0.1, 0.15) is 5.56 Å². The van der Waals surface area contributed by atoms with E-state index in [2.05, 4.69) is 23.7 Å². The number of ether oxygens (including phenoxy) is 1. The molecule has 0 fully saturated rings. The number of thioether (sulfide) groups is 1. The van der Waals surface area contributed by atoms with Gasteiger partial charge in [0, 0.05) is 22.7 Å². The molecule has 0 aromatic heterocycles. The van der Waals surface area contributed by atoms with Crippen LogP contribution in [-0.2, 0) is 6.54 Å². The van der Waals surface area contributed by atoms with E-state index < -0.39 is 0 Å². The van der Waals surface area contributed by atoms with Crippen LogP contribution >= 0.6 is 11.8 Å². The van der Waals surface area contributed by atoms with E-state index in [0.717, 1.165) is 17.0 Å². The van der Waals surface area contributed by atoms with Crippen molar-refractivity contribution >= 4 is 17.4 Å². The Morgan fingerprint density at radius 1 is 1.20 bits per heavy atom. The van der Waals surface area contributed by atoms with Crippen molar-refractivity contribution in [2.24, 2.45) is 0 Å². The number of nitrogens with one attached hydrogen (secondary N) is 1. The fourth-order valence-corrected chi connectivity index (χ4v) is 2.29. The Labute approximate surface area is 123 Å². The minimum Gasteiger partial charge on any atom is -0.478 e. The highest BCUT2D eigenvalue weighted by Gasteiger charge is 2.03. The minimum absolute atomic E-state index is 0.0684. The van der Waals surface area contributed by atoms with Crippen molar-refractivity contribution in [3.05, 3.63) is 54.1 Å². The largest absolute Gasteiger partial charge is 0.478 e. The predicted octanol–water partition coefficient (Wildman–Crippen LogP) is 3.92. The van der Waals surface area contributed by atoms with Crippen molar-refractivity contribution < 1.29 is 4.74 Å². The molecule has 0 heterocycles. The van der Waals surface area contributed by atoms with Crippen LogP contribution in [-0.4, -0.2) is 12.9 Å². The van der Waals surface area contributed by atoms with Gasteiger partial charge in [-0.15, -0.1) is 11.8 Å². The summed E-state index contributed by atoms with van der Waals surface area (Å²) in [6, 6.07) is 18.0. The molecule has 0 aliphatic heterocycles. The number of hydrogen-bond acceptors (Lipinski definition) is 4. The zero-order valence-electron chi connectivity index (χ0n) is 11.3. The van der Waals surface area contributed by atoms with E-state index in [-0.39, 0.29) is 6.61 Å². The summed E-state index contributed by atoms with van der Waals surface area (Å²) in [5.41, 5.74) is 2.12. The van der Waals surface area contributed by atoms with Crippen molar-refractivity contribution in [1.82, 2.24) is 0 Å². The monoisotopic (exact) mass is 284 g/mol. The molecule has 20 heavy (non-hydrogen) atoms. The maximum atomic E-state index is 8.59. The standard InChI is InChI=1S/C16H16N2OS/c1-20-15-7-4-6-14(11-15)18-12-13-5-2-3-8-16(13)19-10-9-17/h2-8,11,18H,10,12H2,1H3. The zero-order chi connectivity index (χ0) is 14.2. The lowest BCUT2D eigenvalue weighted by molar-refractivity contribution is 0.364. The van der Waals surface area contributed by atoms with Crippen molar-refractivity contribution in [2.75, 3.05) is 18.2 Å². The van der Waals surface area contributed by atoms with Crippen LogP contribution in [0.15, 0.2) is 53.4 Å². The Morgan fingerprint density at radius 3 is 2.85 bits per heavy atom. The fourth-order valence-electron chi connectivity index (χ4n) is 1.83. The maximum Gasteiger partial charge on any atom is 0.174 e. The van der Waals surface area contributed by atoms with E-state index in [1.807, 2.05) is 42.5 Å². The number of anilines is 1. The number of benzene rings is 2. The molecular formula is C16H16N2OS. The van der Waals surface area contributed by atoms with Gasteiger partial charge in [-0.05, 0) is 30.5 Å². The predicted molar refractivity (Wildman–Crippen MR) is 83.1 cm³/mol. The van der Waals surface area contributed by atoms with E-state index in [0.29, 0.717) is 6.54 Å². The first-order valence-electron chi connectivity index (χ1n) is 6.29. The van der Waals surface area contributed by atoms with Gasteiger partial charge < -0.3 is 10.1 Å². The quantitative estimate of drug-likeness (QED) is 0.817. The summed E-state index contributed by atoms with van der Waals surface area (Å²) in [4.78, 5) is 1.23. The zero-order valence-corrected chi connectivity index (χ0v) is 12.1. The first-order valence-corrected chi connectivity index (χ1v) is 7.51. The average Bonchev–Trinajstić information content (AvgIpc) is 2.52. The molecule has 0 amide bonds. The Kier molecular flexibility index (Phi) is 5.33. The van der Waals surface area contributed by atoms with Gasteiger partial charge >= 0.3 is 0 Å². The fraction of sp³-hybridized carbons (Fsp3) is 0.188. The highest BCUT2D eigenvalue weighted by atomic mass is 32.2. The van der Waals surface area contributed by atoms with Crippen molar-refractivity contribution in [3.8, 4) is 11.8 Å². The summed E-state index contributed by atoms with van der Waals surface area (Å²) in [6.07, 6.45) is 2.06. The normalized spacial score (nSPS) is 9.80. The molecule has 0 spiro atoms. The van der Waals surface area contributed by atoms with Crippen LogP contribution in [0, 0.1) is 11.3 Å². The molecule has 2 aromatic rings. The van der Waals surface area contributed by atoms with Crippen LogP contribution in [0.5, 0.6) is 5.75 Å².